The van der Waals surface area contributed by atoms with E-state index in [1.165, 1.54) is 0 Å². The monoisotopic (exact) mass is 355 g/mol. The first-order chi connectivity index (χ1) is 12.7. The van der Waals surface area contributed by atoms with Crippen molar-refractivity contribution in [1.29, 1.82) is 0 Å². The molecule has 4 heteroatoms. The van der Waals surface area contributed by atoms with Gasteiger partial charge in [0.2, 0.25) is 0 Å². The highest BCUT2D eigenvalue weighted by molar-refractivity contribution is 5.89. The van der Waals surface area contributed by atoms with Crippen LogP contribution in [0.1, 0.15) is 42.6 Å². The maximum absolute atomic E-state index is 12.0. The van der Waals surface area contributed by atoms with Crippen LogP contribution in [-0.4, -0.2) is 19.1 Å². The molecule has 0 radical (unpaired) electrons. The molecule has 0 aliphatic carbocycles. The van der Waals surface area contributed by atoms with E-state index in [4.69, 9.17) is 9.57 Å². The number of carbonyl (C=O) groups is 1. The fourth-order valence-corrected chi connectivity index (χ4v) is 2.76. The van der Waals surface area contributed by atoms with Gasteiger partial charge < -0.3 is 4.74 Å². The van der Waals surface area contributed by atoms with Gasteiger partial charge in [-0.1, -0.05) is 68.8 Å². The molecule has 0 bridgehead atoms. The molecule has 140 valence electrons. The van der Waals surface area contributed by atoms with Gasteiger partial charge in [-0.05, 0) is 36.0 Å². The Morgan fingerprint density at radius 1 is 1.04 bits per heavy atom. The van der Waals surface area contributed by atoms with Gasteiger partial charge in [0.25, 0.3) is 0 Å². The second kappa shape index (κ2) is 11.4. The number of esters is 1. The van der Waals surface area contributed by atoms with Gasteiger partial charge in [0, 0.05) is 6.54 Å². The molecular formula is C22H29NO3. The molecule has 0 amide bonds. The molecule has 4 nitrogen and oxygen atoms in total. The van der Waals surface area contributed by atoms with Crippen LogP contribution < -0.4 is 5.48 Å². The zero-order valence-electron chi connectivity index (χ0n) is 15.7. The largest absolute Gasteiger partial charge is 0.462 e. The van der Waals surface area contributed by atoms with Crippen molar-refractivity contribution in [3.05, 3.63) is 71.8 Å². The molecule has 0 aliphatic rings. The molecule has 0 fully saturated rings. The van der Waals surface area contributed by atoms with E-state index >= 15 is 0 Å². The summed E-state index contributed by atoms with van der Waals surface area (Å²) in [7, 11) is 0. The summed E-state index contributed by atoms with van der Waals surface area (Å²) in [4.78, 5) is 17.6. The van der Waals surface area contributed by atoms with Crippen LogP contribution >= 0.6 is 0 Å². The quantitative estimate of drug-likeness (QED) is 0.363. The van der Waals surface area contributed by atoms with Crippen molar-refractivity contribution in [3.8, 4) is 0 Å². The van der Waals surface area contributed by atoms with Gasteiger partial charge in [-0.2, -0.15) is 0 Å². The first kappa shape index (κ1) is 20.1. The lowest BCUT2D eigenvalue weighted by atomic mass is 9.89. The van der Waals surface area contributed by atoms with Gasteiger partial charge in [0.05, 0.1) is 18.8 Å². The minimum atomic E-state index is -0.262. The smallest absolute Gasteiger partial charge is 0.338 e. The summed E-state index contributed by atoms with van der Waals surface area (Å²) in [6.45, 7) is 6.10. The zero-order chi connectivity index (χ0) is 18.6. The maximum atomic E-state index is 12.0. The van der Waals surface area contributed by atoms with Crippen LogP contribution in [0.3, 0.4) is 0 Å². The summed E-state index contributed by atoms with van der Waals surface area (Å²) in [5, 5.41) is 0. The van der Waals surface area contributed by atoms with E-state index < -0.39 is 0 Å². The van der Waals surface area contributed by atoms with Crippen molar-refractivity contribution >= 4 is 5.97 Å². The Labute approximate surface area is 156 Å². The maximum Gasteiger partial charge on any atom is 0.338 e. The SMILES string of the molecule is CCC(C)C(CCOC(=O)c1ccccc1)CNOCc1ccccc1. The van der Waals surface area contributed by atoms with E-state index in [0.717, 1.165) is 24.9 Å². The summed E-state index contributed by atoms with van der Waals surface area (Å²) in [6, 6.07) is 19.2. The van der Waals surface area contributed by atoms with Gasteiger partial charge in [0.1, 0.15) is 0 Å². The lowest BCUT2D eigenvalue weighted by Crippen LogP contribution is -2.28. The van der Waals surface area contributed by atoms with Crippen LogP contribution in [0.2, 0.25) is 0 Å². The number of nitrogens with one attached hydrogen (secondary N) is 1. The summed E-state index contributed by atoms with van der Waals surface area (Å²) >= 11 is 0. The molecule has 0 spiro atoms. The van der Waals surface area contributed by atoms with Crippen LogP contribution in [0, 0.1) is 11.8 Å². The summed E-state index contributed by atoms with van der Waals surface area (Å²) < 4.78 is 5.42. The van der Waals surface area contributed by atoms with Crippen molar-refractivity contribution in [2.45, 2.75) is 33.3 Å². The topological polar surface area (TPSA) is 47.6 Å². The van der Waals surface area contributed by atoms with E-state index in [0.29, 0.717) is 30.6 Å². The predicted molar refractivity (Wildman–Crippen MR) is 104 cm³/mol. The summed E-state index contributed by atoms with van der Waals surface area (Å²) in [6.07, 6.45) is 1.90. The Morgan fingerprint density at radius 2 is 1.69 bits per heavy atom. The molecule has 1 N–H and O–H groups in total. The number of hydrogen-bond donors (Lipinski definition) is 1. The number of ether oxygens (including phenoxy) is 1. The molecule has 2 aromatic carbocycles. The molecule has 0 heterocycles. The van der Waals surface area contributed by atoms with Gasteiger partial charge >= 0.3 is 5.97 Å². The Morgan fingerprint density at radius 3 is 2.35 bits per heavy atom. The third-order valence-corrected chi connectivity index (χ3v) is 4.71. The van der Waals surface area contributed by atoms with Crippen LogP contribution in [0.15, 0.2) is 60.7 Å². The van der Waals surface area contributed by atoms with Gasteiger partial charge in [-0.3, -0.25) is 4.84 Å². The Kier molecular flexibility index (Phi) is 8.87. The third-order valence-electron chi connectivity index (χ3n) is 4.71. The number of hydroxylamine groups is 1. The predicted octanol–water partition coefficient (Wildman–Crippen LogP) is 4.62. The lowest BCUT2D eigenvalue weighted by Gasteiger charge is -2.23. The van der Waals surface area contributed by atoms with E-state index in [1.807, 2.05) is 48.5 Å². The molecule has 2 atom stereocenters. The molecule has 0 saturated carbocycles. The van der Waals surface area contributed by atoms with Crippen molar-refractivity contribution in [3.63, 3.8) is 0 Å². The first-order valence-electron chi connectivity index (χ1n) is 9.31. The lowest BCUT2D eigenvalue weighted by molar-refractivity contribution is 0.00988. The normalized spacial score (nSPS) is 13.2. The number of hydrogen-bond acceptors (Lipinski definition) is 4. The zero-order valence-corrected chi connectivity index (χ0v) is 15.7. The van der Waals surface area contributed by atoms with E-state index in [-0.39, 0.29) is 5.97 Å². The van der Waals surface area contributed by atoms with Crippen molar-refractivity contribution in [2.75, 3.05) is 13.2 Å². The van der Waals surface area contributed by atoms with E-state index in [9.17, 15) is 4.79 Å². The van der Waals surface area contributed by atoms with Crippen LogP contribution in [-0.2, 0) is 16.2 Å². The highest BCUT2D eigenvalue weighted by Crippen LogP contribution is 2.19. The summed E-state index contributed by atoms with van der Waals surface area (Å²) in [5.41, 5.74) is 4.81. The van der Waals surface area contributed by atoms with E-state index in [2.05, 4.69) is 19.3 Å². The molecule has 0 aliphatic heterocycles. The molecule has 2 aromatic rings. The molecule has 26 heavy (non-hydrogen) atoms. The molecule has 2 unspecified atom stereocenters. The molecular weight excluding hydrogens is 326 g/mol. The van der Waals surface area contributed by atoms with Crippen LogP contribution in [0.5, 0.6) is 0 Å². The number of benzene rings is 2. The second-order valence-corrected chi connectivity index (χ2v) is 6.56. The molecule has 2 rings (SSSR count). The van der Waals surface area contributed by atoms with Crippen molar-refractivity contribution in [1.82, 2.24) is 5.48 Å². The Bertz CT molecular complexity index is 630. The fraction of sp³-hybridized carbons (Fsp3) is 0.409. The van der Waals surface area contributed by atoms with Crippen molar-refractivity contribution < 1.29 is 14.4 Å². The van der Waals surface area contributed by atoms with Gasteiger partial charge in [0.15, 0.2) is 0 Å². The number of rotatable bonds is 11. The fourth-order valence-electron chi connectivity index (χ4n) is 2.76. The molecule has 0 saturated heterocycles. The summed E-state index contributed by atoms with van der Waals surface area (Å²) in [5.74, 6) is 0.652. The minimum absolute atomic E-state index is 0.262. The minimum Gasteiger partial charge on any atom is -0.462 e. The average molecular weight is 355 g/mol. The Hall–Kier alpha value is -2.17. The van der Waals surface area contributed by atoms with Gasteiger partial charge in [-0.15, -0.1) is 0 Å². The Balaban J connectivity index is 1.71. The van der Waals surface area contributed by atoms with Crippen molar-refractivity contribution in [2.24, 2.45) is 11.8 Å². The number of carbonyl (C=O) groups excluding carboxylic acids is 1. The second-order valence-electron chi connectivity index (χ2n) is 6.56. The van der Waals surface area contributed by atoms with E-state index in [1.54, 1.807) is 12.1 Å². The first-order valence-corrected chi connectivity index (χ1v) is 9.31. The highest BCUT2D eigenvalue weighted by atomic mass is 16.6. The highest BCUT2D eigenvalue weighted by Gasteiger charge is 2.17. The molecule has 0 aromatic heterocycles. The standard InChI is InChI=1S/C22H29NO3/c1-3-18(2)21(16-23-26-17-19-10-6-4-7-11-19)14-15-25-22(24)20-12-8-5-9-13-20/h4-13,18,21,23H,3,14-17H2,1-2H3. The van der Waals surface area contributed by atoms with Crippen LogP contribution in [0.25, 0.3) is 0 Å². The average Bonchev–Trinajstić information content (AvgIpc) is 2.70. The third kappa shape index (κ3) is 6.98. The van der Waals surface area contributed by atoms with Gasteiger partial charge in [-0.25, -0.2) is 10.3 Å². The van der Waals surface area contributed by atoms with Crippen LogP contribution in [0.4, 0.5) is 0 Å².